The van der Waals surface area contributed by atoms with Crippen molar-refractivity contribution >= 4 is 12.2 Å². The van der Waals surface area contributed by atoms with Gasteiger partial charge in [-0.15, -0.1) is 0 Å². The van der Waals surface area contributed by atoms with Gasteiger partial charge >= 0.3 is 12.2 Å². The fourth-order valence-corrected chi connectivity index (χ4v) is 0.903. The molecule has 0 radical (unpaired) electrons. The molecule has 0 atom stereocenters. The third-order valence-electron chi connectivity index (χ3n) is 1.53. The molecule has 0 aliphatic heterocycles. The van der Waals surface area contributed by atoms with Gasteiger partial charge in [0, 0.05) is 0 Å². The minimum atomic E-state index is -0.748. The number of hydrogen-bond acceptors (Lipinski definition) is 4. The number of nitrogens with two attached hydrogens (primary N) is 2. The molecule has 0 spiro atoms. The van der Waals surface area contributed by atoms with Crippen LogP contribution in [0.4, 0.5) is 9.59 Å². The molecule has 0 saturated heterocycles. The van der Waals surface area contributed by atoms with E-state index < -0.39 is 12.2 Å². The number of primary amides is 2. The Morgan fingerprint density at radius 2 is 1.14 bits per heavy atom. The fourth-order valence-electron chi connectivity index (χ4n) is 0.903. The predicted octanol–water partition coefficient (Wildman–Crippen LogP) is 0.737. The number of rotatable bonds is 7. The van der Waals surface area contributed by atoms with Gasteiger partial charge in [-0.25, -0.2) is 9.59 Å². The maximum absolute atomic E-state index is 10.1. The maximum atomic E-state index is 10.1. The van der Waals surface area contributed by atoms with Crippen LogP contribution in [0.2, 0.25) is 0 Å². The van der Waals surface area contributed by atoms with Gasteiger partial charge in [-0.1, -0.05) is 0 Å². The van der Waals surface area contributed by atoms with E-state index in [4.69, 9.17) is 11.5 Å². The molecule has 14 heavy (non-hydrogen) atoms. The summed E-state index contributed by atoms with van der Waals surface area (Å²) in [5, 5.41) is 0. The van der Waals surface area contributed by atoms with Crippen LogP contribution in [0, 0.1) is 0 Å². The van der Waals surface area contributed by atoms with Crippen LogP contribution in [0.15, 0.2) is 0 Å². The van der Waals surface area contributed by atoms with Gasteiger partial charge in [0.2, 0.25) is 0 Å². The molecule has 0 saturated carbocycles. The molecule has 0 bridgehead atoms. The molecule has 6 heteroatoms. The van der Waals surface area contributed by atoms with Crippen LogP contribution in [0.25, 0.3) is 0 Å². The zero-order chi connectivity index (χ0) is 10.8. The second-order valence-electron chi connectivity index (χ2n) is 2.75. The molecule has 82 valence electrons. The first-order valence-electron chi connectivity index (χ1n) is 4.47. The Balaban J connectivity index is 2.99. The van der Waals surface area contributed by atoms with Crippen LogP contribution >= 0.6 is 0 Å². The first-order chi connectivity index (χ1) is 6.63. The van der Waals surface area contributed by atoms with E-state index in [0.717, 1.165) is 25.7 Å². The molecule has 0 rings (SSSR count). The van der Waals surface area contributed by atoms with Crippen molar-refractivity contribution in [3.63, 3.8) is 0 Å². The van der Waals surface area contributed by atoms with Crippen molar-refractivity contribution in [2.45, 2.75) is 25.7 Å². The van der Waals surface area contributed by atoms with Crippen LogP contribution in [-0.4, -0.2) is 25.4 Å². The van der Waals surface area contributed by atoms with E-state index in [1.807, 2.05) is 0 Å². The Morgan fingerprint density at radius 1 is 0.786 bits per heavy atom. The third-order valence-corrected chi connectivity index (χ3v) is 1.53. The van der Waals surface area contributed by atoms with Crippen molar-refractivity contribution in [3.8, 4) is 0 Å². The van der Waals surface area contributed by atoms with E-state index in [1.54, 1.807) is 0 Å². The lowest BCUT2D eigenvalue weighted by Gasteiger charge is -2.02. The zero-order valence-corrected chi connectivity index (χ0v) is 8.03. The monoisotopic (exact) mass is 204 g/mol. The molecule has 0 aromatic rings. The quantitative estimate of drug-likeness (QED) is 0.596. The first-order valence-corrected chi connectivity index (χ1v) is 4.47. The molecule has 0 unspecified atom stereocenters. The number of carbonyl (C=O) groups is 2. The number of hydrogen-bond donors (Lipinski definition) is 2. The Bertz CT molecular complexity index is 164. The average Bonchev–Trinajstić information content (AvgIpc) is 2.08. The summed E-state index contributed by atoms with van der Waals surface area (Å²) >= 11 is 0. The van der Waals surface area contributed by atoms with Crippen molar-refractivity contribution in [1.82, 2.24) is 0 Å². The molecule has 0 aliphatic carbocycles. The molecule has 0 aliphatic rings. The largest absolute Gasteiger partial charge is 0.450 e. The average molecular weight is 204 g/mol. The highest BCUT2D eigenvalue weighted by Gasteiger charge is 1.95. The van der Waals surface area contributed by atoms with Crippen molar-refractivity contribution in [1.29, 1.82) is 0 Å². The normalized spacial score (nSPS) is 9.43. The second kappa shape index (κ2) is 8.15. The van der Waals surface area contributed by atoms with Crippen molar-refractivity contribution in [2.75, 3.05) is 13.2 Å². The Morgan fingerprint density at radius 3 is 1.43 bits per heavy atom. The van der Waals surface area contributed by atoms with E-state index in [9.17, 15) is 9.59 Å². The molecule has 0 aromatic carbocycles. The lowest BCUT2D eigenvalue weighted by atomic mass is 10.2. The van der Waals surface area contributed by atoms with Gasteiger partial charge in [0.25, 0.3) is 0 Å². The number of unbranched alkanes of at least 4 members (excludes halogenated alkanes) is 3. The topological polar surface area (TPSA) is 105 Å². The summed E-state index contributed by atoms with van der Waals surface area (Å²) in [5.41, 5.74) is 9.51. The molecule has 0 aromatic heterocycles. The lowest BCUT2D eigenvalue weighted by molar-refractivity contribution is 0.148. The number of carbonyl (C=O) groups excluding carboxylic acids is 2. The summed E-state index contributed by atoms with van der Waals surface area (Å²) in [5.74, 6) is 0. The second-order valence-corrected chi connectivity index (χ2v) is 2.75. The van der Waals surface area contributed by atoms with Crippen LogP contribution in [-0.2, 0) is 9.47 Å². The first kappa shape index (κ1) is 12.5. The highest BCUT2D eigenvalue weighted by molar-refractivity contribution is 5.64. The summed E-state index contributed by atoms with van der Waals surface area (Å²) in [4.78, 5) is 20.3. The minimum Gasteiger partial charge on any atom is -0.450 e. The zero-order valence-electron chi connectivity index (χ0n) is 8.03. The van der Waals surface area contributed by atoms with Crippen molar-refractivity contribution in [3.05, 3.63) is 0 Å². The van der Waals surface area contributed by atoms with E-state index in [1.165, 1.54) is 0 Å². The van der Waals surface area contributed by atoms with Gasteiger partial charge < -0.3 is 20.9 Å². The van der Waals surface area contributed by atoms with Crippen LogP contribution < -0.4 is 11.5 Å². The van der Waals surface area contributed by atoms with Gasteiger partial charge in [-0.3, -0.25) is 0 Å². The molecule has 0 heterocycles. The summed E-state index contributed by atoms with van der Waals surface area (Å²) < 4.78 is 9.04. The molecule has 4 N–H and O–H groups in total. The maximum Gasteiger partial charge on any atom is 0.404 e. The van der Waals surface area contributed by atoms with E-state index in [0.29, 0.717) is 13.2 Å². The Hall–Kier alpha value is -1.46. The number of ether oxygens (including phenoxy) is 2. The third kappa shape index (κ3) is 10.5. The van der Waals surface area contributed by atoms with Crippen LogP contribution in [0.1, 0.15) is 25.7 Å². The van der Waals surface area contributed by atoms with Gasteiger partial charge in [0.1, 0.15) is 0 Å². The molecule has 0 fully saturated rings. The van der Waals surface area contributed by atoms with Gasteiger partial charge in [0.15, 0.2) is 0 Å². The number of amides is 2. The molecular weight excluding hydrogens is 188 g/mol. The highest BCUT2D eigenvalue weighted by Crippen LogP contribution is 2.00. The van der Waals surface area contributed by atoms with Crippen LogP contribution in [0.3, 0.4) is 0 Å². The SMILES string of the molecule is NC(=O)OCCCCCCOC(N)=O. The lowest BCUT2D eigenvalue weighted by Crippen LogP contribution is -2.14. The van der Waals surface area contributed by atoms with Crippen molar-refractivity contribution in [2.24, 2.45) is 11.5 Å². The summed E-state index contributed by atoms with van der Waals surface area (Å²) in [6.07, 6.45) is 1.83. The van der Waals surface area contributed by atoms with E-state index in [2.05, 4.69) is 9.47 Å². The Kier molecular flexibility index (Phi) is 7.30. The standard InChI is InChI=1S/C8H16N2O4/c9-7(11)13-5-3-1-2-4-6-14-8(10)12/h1-6H2,(H2,9,11)(H2,10,12). The van der Waals surface area contributed by atoms with E-state index >= 15 is 0 Å². The molecular formula is C8H16N2O4. The fraction of sp³-hybridized carbons (Fsp3) is 0.750. The van der Waals surface area contributed by atoms with E-state index in [-0.39, 0.29) is 0 Å². The summed E-state index contributed by atoms with van der Waals surface area (Å²) in [6.45, 7) is 0.679. The van der Waals surface area contributed by atoms with Gasteiger partial charge in [0.05, 0.1) is 13.2 Å². The van der Waals surface area contributed by atoms with Crippen molar-refractivity contribution < 1.29 is 19.1 Å². The smallest absolute Gasteiger partial charge is 0.404 e. The van der Waals surface area contributed by atoms with Gasteiger partial charge in [-0.05, 0) is 25.7 Å². The Labute approximate surface area is 82.5 Å². The molecule has 2 amide bonds. The summed E-state index contributed by atoms with van der Waals surface area (Å²) in [6, 6.07) is 0. The summed E-state index contributed by atoms with van der Waals surface area (Å²) in [7, 11) is 0. The minimum absolute atomic E-state index is 0.339. The molecule has 6 nitrogen and oxygen atoms in total. The predicted molar refractivity (Wildman–Crippen MR) is 49.5 cm³/mol. The highest BCUT2D eigenvalue weighted by atomic mass is 16.5. The van der Waals surface area contributed by atoms with Crippen LogP contribution in [0.5, 0.6) is 0 Å². The van der Waals surface area contributed by atoms with Gasteiger partial charge in [-0.2, -0.15) is 0 Å².